The number of pyridine rings is 1. The topological polar surface area (TPSA) is 41.6 Å². The van der Waals surface area contributed by atoms with Gasteiger partial charge in [-0.1, -0.05) is 26.2 Å². The van der Waals surface area contributed by atoms with Crippen molar-refractivity contribution in [3.63, 3.8) is 0 Å². The van der Waals surface area contributed by atoms with Crippen LogP contribution in [0, 0.1) is 0 Å². The van der Waals surface area contributed by atoms with E-state index in [-0.39, 0.29) is 5.41 Å². The van der Waals surface area contributed by atoms with E-state index in [1.807, 2.05) is 6.07 Å². The van der Waals surface area contributed by atoms with E-state index in [4.69, 9.17) is 0 Å². The van der Waals surface area contributed by atoms with Crippen molar-refractivity contribution in [3.8, 4) is 0 Å². The fourth-order valence-corrected chi connectivity index (χ4v) is 3.06. The van der Waals surface area contributed by atoms with Gasteiger partial charge in [-0.25, -0.2) is 9.97 Å². The molecule has 1 saturated carbocycles. The number of hydrogen-bond donors (Lipinski definition) is 1. The highest BCUT2D eigenvalue weighted by Gasteiger charge is 2.31. The first-order valence-corrected chi connectivity index (χ1v) is 6.98. The second-order valence-electron chi connectivity index (χ2n) is 5.23. The molecular formula is C13H16BrN3. The summed E-state index contributed by atoms with van der Waals surface area (Å²) in [7, 11) is 0. The highest BCUT2D eigenvalue weighted by molar-refractivity contribution is 9.10. The minimum absolute atomic E-state index is 0.214. The van der Waals surface area contributed by atoms with Crippen LogP contribution < -0.4 is 0 Å². The quantitative estimate of drug-likeness (QED) is 0.865. The van der Waals surface area contributed by atoms with Crippen molar-refractivity contribution in [1.29, 1.82) is 0 Å². The highest BCUT2D eigenvalue weighted by atomic mass is 79.9. The number of aromatic amines is 1. The lowest BCUT2D eigenvalue weighted by molar-refractivity contribution is 0.306. The van der Waals surface area contributed by atoms with Gasteiger partial charge in [-0.3, -0.25) is 0 Å². The number of nitrogens with zero attached hydrogens (tertiary/aromatic N) is 2. The second kappa shape index (κ2) is 4.09. The van der Waals surface area contributed by atoms with Crippen molar-refractivity contribution in [3.05, 3.63) is 22.6 Å². The lowest BCUT2D eigenvalue weighted by Crippen LogP contribution is -2.26. The molecule has 0 radical (unpaired) electrons. The van der Waals surface area contributed by atoms with E-state index in [0.29, 0.717) is 0 Å². The van der Waals surface area contributed by atoms with E-state index in [1.54, 1.807) is 6.20 Å². The van der Waals surface area contributed by atoms with Gasteiger partial charge in [0.2, 0.25) is 0 Å². The lowest BCUT2D eigenvalue weighted by Gasteiger charge is -2.31. The van der Waals surface area contributed by atoms with Gasteiger partial charge < -0.3 is 4.98 Å². The van der Waals surface area contributed by atoms with Gasteiger partial charge in [-0.05, 0) is 34.8 Å². The van der Waals surface area contributed by atoms with Crippen molar-refractivity contribution in [2.24, 2.45) is 0 Å². The fraction of sp³-hybridized carbons (Fsp3) is 0.538. The summed E-state index contributed by atoms with van der Waals surface area (Å²) < 4.78 is 0.994. The molecule has 3 nitrogen and oxygen atoms in total. The molecule has 2 aromatic rings. The predicted molar refractivity (Wildman–Crippen MR) is 72.0 cm³/mol. The molecule has 17 heavy (non-hydrogen) atoms. The Morgan fingerprint density at radius 2 is 2.06 bits per heavy atom. The molecule has 0 unspecified atom stereocenters. The minimum atomic E-state index is 0.214. The second-order valence-corrected chi connectivity index (χ2v) is 6.15. The van der Waals surface area contributed by atoms with Gasteiger partial charge in [0, 0.05) is 16.1 Å². The molecular weight excluding hydrogens is 278 g/mol. The molecule has 0 saturated heterocycles. The molecule has 0 bridgehead atoms. The van der Waals surface area contributed by atoms with Crippen LogP contribution in [0.25, 0.3) is 11.2 Å². The van der Waals surface area contributed by atoms with E-state index in [1.165, 1.54) is 32.1 Å². The fourth-order valence-electron chi connectivity index (χ4n) is 2.73. The van der Waals surface area contributed by atoms with E-state index in [2.05, 4.69) is 37.8 Å². The standard InChI is InChI=1S/C13H16BrN3/c1-13(5-3-2-4-6-13)12-16-10-7-9(14)8-15-11(10)17-12/h7-8H,2-6H2,1H3,(H,15,16,17). The van der Waals surface area contributed by atoms with Crippen LogP contribution in [0.5, 0.6) is 0 Å². The zero-order valence-electron chi connectivity index (χ0n) is 9.96. The van der Waals surface area contributed by atoms with Gasteiger partial charge in [0.15, 0.2) is 5.65 Å². The molecule has 2 heterocycles. The smallest absolute Gasteiger partial charge is 0.177 e. The maximum Gasteiger partial charge on any atom is 0.177 e. The van der Waals surface area contributed by atoms with Gasteiger partial charge >= 0.3 is 0 Å². The Balaban J connectivity index is 2.05. The number of aromatic nitrogens is 3. The third-order valence-corrected chi connectivity index (χ3v) is 4.27. The van der Waals surface area contributed by atoms with Crippen LogP contribution in [0.1, 0.15) is 44.9 Å². The van der Waals surface area contributed by atoms with Gasteiger partial charge in [-0.15, -0.1) is 0 Å². The Kier molecular flexibility index (Phi) is 2.69. The van der Waals surface area contributed by atoms with Crippen molar-refractivity contribution in [1.82, 2.24) is 15.0 Å². The summed E-state index contributed by atoms with van der Waals surface area (Å²) in [6.07, 6.45) is 8.24. The maximum atomic E-state index is 4.66. The van der Waals surface area contributed by atoms with Crippen molar-refractivity contribution < 1.29 is 0 Å². The molecule has 4 heteroatoms. The first kappa shape index (κ1) is 11.2. The van der Waals surface area contributed by atoms with Crippen molar-refractivity contribution >= 4 is 27.1 Å². The highest BCUT2D eigenvalue weighted by Crippen LogP contribution is 2.38. The van der Waals surface area contributed by atoms with Crippen LogP contribution in [0.2, 0.25) is 0 Å². The van der Waals surface area contributed by atoms with Crippen LogP contribution in [0.3, 0.4) is 0 Å². The number of rotatable bonds is 1. The molecule has 0 atom stereocenters. The van der Waals surface area contributed by atoms with Gasteiger partial charge in [0.25, 0.3) is 0 Å². The van der Waals surface area contributed by atoms with Gasteiger partial charge in [0.1, 0.15) is 5.82 Å². The van der Waals surface area contributed by atoms with Gasteiger partial charge in [-0.2, -0.15) is 0 Å². The molecule has 1 N–H and O–H groups in total. The summed E-state index contributed by atoms with van der Waals surface area (Å²) in [5.74, 6) is 1.11. The molecule has 2 aromatic heterocycles. The number of hydrogen-bond acceptors (Lipinski definition) is 2. The molecule has 3 rings (SSSR count). The van der Waals surface area contributed by atoms with Crippen LogP contribution >= 0.6 is 15.9 Å². The normalized spacial score (nSPS) is 19.6. The first-order valence-electron chi connectivity index (χ1n) is 6.19. The average Bonchev–Trinajstić information content (AvgIpc) is 2.73. The number of imidazole rings is 1. The third-order valence-electron chi connectivity index (χ3n) is 3.83. The molecule has 0 aromatic carbocycles. The average molecular weight is 294 g/mol. The largest absolute Gasteiger partial charge is 0.340 e. The van der Waals surface area contributed by atoms with Crippen molar-refractivity contribution in [2.75, 3.05) is 0 Å². The Labute approximate surface area is 109 Å². The van der Waals surface area contributed by atoms with E-state index < -0.39 is 0 Å². The van der Waals surface area contributed by atoms with E-state index >= 15 is 0 Å². The minimum Gasteiger partial charge on any atom is -0.340 e. The van der Waals surface area contributed by atoms with Crippen LogP contribution in [-0.2, 0) is 5.41 Å². The summed E-state index contributed by atoms with van der Waals surface area (Å²) in [5, 5.41) is 0. The zero-order valence-corrected chi connectivity index (χ0v) is 11.5. The molecule has 1 fully saturated rings. The predicted octanol–water partition coefficient (Wildman–Crippen LogP) is 3.94. The molecule has 0 amide bonds. The molecule has 0 spiro atoms. The summed E-state index contributed by atoms with van der Waals surface area (Å²) in [5.41, 5.74) is 2.07. The summed E-state index contributed by atoms with van der Waals surface area (Å²) >= 11 is 3.44. The number of halogens is 1. The molecule has 1 aliphatic rings. The van der Waals surface area contributed by atoms with Crippen LogP contribution in [0.4, 0.5) is 0 Å². The van der Waals surface area contributed by atoms with E-state index in [9.17, 15) is 0 Å². The van der Waals surface area contributed by atoms with Crippen LogP contribution in [0.15, 0.2) is 16.7 Å². The zero-order chi connectivity index (χ0) is 11.9. The summed E-state index contributed by atoms with van der Waals surface area (Å²) in [6, 6.07) is 2.05. The monoisotopic (exact) mass is 293 g/mol. The van der Waals surface area contributed by atoms with Crippen LogP contribution in [-0.4, -0.2) is 15.0 Å². The first-order chi connectivity index (χ1) is 8.17. The molecule has 0 aliphatic heterocycles. The lowest BCUT2D eigenvalue weighted by atomic mass is 9.75. The number of H-pyrrole nitrogens is 1. The summed E-state index contributed by atoms with van der Waals surface area (Å²) in [6.45, 7) is 2.32. The Morgan fingerprint density at radius 3 is 2.82 bits per heavy atom. The number of fused-ring (bicyclic) bond motifs is 1. The van der Waals surface area contributed by atoms with Gasteiger partial charge in [0.05, 0.1) is 5.52 Å². The third kappa shape index (κ3) is 1.99. The maximum absolute atomic E-state index is 4.66. The van der Waals surface area contributed by atoms with Crippen molar-refractivity contribution in [2.45, 2.75) is 44.4 Å². The Hall–Kier alpha value is -0.900. The molecule has 1 aliphatic carbocycles. The Bertz CT molecular complexity index is 541. The summed E-state index contributed by atoms with van der Waals surface area (Å²) in [4.78, 5) is 12.4. The van der Waals surface area contributed by atoms with E-state index in [0.717, 1.165) is 21.5 Å². The SMILES string of the molecule is CC1(c2nc3ncc(Br)cc3[nH]2)CCCCC1. The molecule has 90 valence electrons. The Morgan fingerprint density at radius 1 is 1.29 bits per heavy atom. The number of nitrogens with one attached hydrogen (secondary N) is 1.